The Hall–Kier alpha value is -2.41. The van der Waals surface area contributed by atoms with Gasteiger partial charge in [0.15, 0.2) is 0 Å². The Morgan fingerprint density at radius 3 is 2.29 bits per heavy atom. The van der Waals surface area contributed by atoms with Crippen LogP contribution in [0, 0.1) is 11.3 Å². The number of hydrogen-bond donors (Lipinski definition) is 1. The van der Waals surface area contributed by atoms with Gasteiger partial charge in [0, 0.05) is 5.56 Å². The number of quaternary nitrogens is 1. The Bertz CT molecular complexity index is 992. The van der Waals surface area contributed by atoms with Crippen molar-refractivity contribution in [2.75, 3.05) is 26.2 Å². The molecule has 5 nitrogen and oxygen atoms in total. The SMILES string of the molecule is N#Cc1ccccc1C[NH+]1CCN(S(=O)(=O)c2ccccc2C(F)(F)F)CC1. The molecule has 0 atom stereocenters. The third kappa shape index (κ3) is 4.19. The number of sulfonamides is 1. The number of nitriles is 1. The second kappa shape index (κ2) is 7.91. The fourth-order valence-corrected chi connectivity index (χ4v) is 4.99. The molecule has 1 aliphatic rings. The minimum Gasteiger partial charge on any atom is -0.329 e. The van der Waals surface area contributed by atoms with Gasteiger partial charge in [-0.05, 0) is 18.2 Å². The Labute approximate surface area is 161 Å². The maximum Gasteiger partial charge on any atom is 0.417 e. The summed E-state index contributed by atoms with van der Waals surface area (Å²) in [5.74, 6) is 0. The summed E-state index contributed by atoms with van der Waals surface area (Å²) in [5.41, 5.74) is 0.301. The van der Waals surface area contributed by atoms with Crippen LogP contribution in [0.5, 0.6) is 0 Å². The first-order valence-corrected chi connectivity index (χ1v) is 10.2. The van der Waals surface area contributed by atoms with Crippen LogP contribution in [0.3, 0.4) is 0 Å². The smallest absolute Gasteiger partial charge is 0.329 e. The van der Waals surface area contributed by atoms with E-state index in [1.165, 1.54) is 12.1 Å². The van der Waals surface area contributed by atoms with Crippen LogP contribution in [0.15, 0.2) is 53.4 Å². The van der Waals surface area contributed by atoms with E-state index >= 15 is 0 Å². The molecule has 1 fully saturated rings. The molecule has 148 valence electrons. The Morgan fingerprint density at radius 1 is 1.04 bits per heavy atom. The maximum atomic E-state index is 13.2. The third-order valence-corrected chi connectivity index (χ3v) is 6.77. The lowest BCUT2D eigenvalue weighted by atomic mass is 10.1. The zero-order chi connectivity index (χ0) is 20.4. The van der Waals surface area contributed by atoms with Crippen LogP contribution in [0.25, 0.3) is 0 Å². The van der Waals surface area contributed by atoms with E-state index < -0.39 is 26.7 Å². The zero-order valence-corrected chi connectivity index (χ0v) is 15.7. The van der Waals surface area contributed by atoms with Crippen molar-refractivity contribution in [2.45, 2.75) is 17.6 Å². The average molecular weight is 410 g/mol. The van der Waals surface area contributed by atoms with Gasteiger partial charge in [0.05, 0.1) is 48.3 Å². The van der Waals surface area contributed by atoms with Gasteiger partial charge >= 0.3 is 6.18 Å². The number of halogens is 3. The molecule has 0 spiro atoms. The third-order valence-electron chi connectivity index (χ3n) is 4.82. The summed E-state index contributed by atoms with van der Waals surface area (Å²) in [6.07, 6.45) is -4.74. The molecule has 1 aliphatic heterocycles. The minimum absolute atomic E-state index is 0.124. The number of alkyl halides is 3. The Morgan fingerprint density at radius 2 is 1.64 bits per heavy atom. The number of benzene rings is 2. The van der Waals surface area contributed by atoms with Crippen LogP contribution in [0.2, 0.25) is 0 Å². The van der Waals surface area contributed by atoms with E-state index in [9.17, 15) is 26.9 Å². The highest BCUT2D eigenvalue weighted by atomic mass is 32.2. The number of rotatable bonds is 4. The molecule has 1 saturated heterocycles. The van der Waals surface area contributed by atoms with Crippen LogP contribution in [-0.2, 0) is 22.7 Å². The molecule has 0 radical (unpaired) electrons. The van der Waals surface area contributed by atoms with E-state index in [-0.39, 0.29) is 13.1 Å². The van der Waals surface area contributed by atoms with Crippen molar-refractivity contribution in [3.8, 4) is 6.07 Å². The fraction of sp³-hybridized carbons (Fsp3) is 0.316. The molecule has 1 heterocycles. The van der Waals surface area contributed by atoms with Gasteiger partial charge in [-0.3, -0.25) is 0 Å². The summed E-state index contributed by atoms with van der Waals surface area (Å²) in [6, 6.07) is 13.6. The first-order valence-electron chi connectivity index (χ1n) is 8.71. The molecule has 1 N–H and O–H groups in total. The Kier molecular flexibility index (Phi) is 5.74. The van der Waals surface area contributed by atoms with Crippen molar-refractivity contribution in [1.29, 1.82) is 5.26 Å². The van der Waals surface area contributed by atoms with Crippen molar-refractivity contribution in [3.05, 3.63) is 65.2 Å². The first kappa shape index (κ1) is 20.3. The molecule has 28 heavy (non-hydrogen) atoms. The predicted octanol–water partition coefficient (Wildman–Crippen LogP) is 1.67. The topological polar surface area (TPSA) is 65.6 Å². The van der Waals surface area contributed by atoms with Crippen LogP contribution in [0.4, 0.5) is 13.2 Å². The van der Waals surface area contributed by atoms with E-state index in [0.29, 0.717) is 25.2 Å². The highest BCUT2D eigenvalue weighted by Gasteiger charge is 2.40. The molecule has 0 bridgehead atoms. The maximum absolute atomic E-state index is 13.2. The van der Waals surface area contributed by atoms with Gasteiger partial charge in [0.25, 0.3) is 0 Å². The van der Waals surface area contributed by atoms with Gasteiger partial charge < -0.3 is 4.90 Å². The molecule has 2 aromatic carbocycles. The summed E-state index contributed by atoms with van der Waals surface area (Å²) in [5, 5.41) is 9.18. The number of nitrogens with zero attached hydrogens (tertiary/aromatic N) is 2. The molecule has 9 heteroatoms. The van der Waals surface area contributed by atoms with Crippen LogP contribution < -0.4 is 4.90 Å². The lowest BCUT2D eigenvalue weighted by molar-refractivity contribution is -0.917. The zero-order valence-electron chi connectivity index (χ0n) is 14.9. The van der Waals surface area contributed by atoms with Crippen LogP contribution in [-0.4, -0.2) is 38.9 Å². The number of hydrogen-bond acceptors (Lipinski definition) is 3. The van der Waals surface area contributed by atoms with Crippen molar-refractivity contribution < 1.29 is 26.5 Å². The van der Waals surface area contributed by atoms with Crippen LogP contribution in [0.1, 0.15) is 16.7 Å². The van der Waals surface area contributed by atoms with Crippen LogP contribution >= 0.6 is 0 Å². The lowest BCUT2D eigenvalue weighted by Gasteiger charge is -2.32. The fourth-order valence-electron chi connectivity index (χ4n) is 3.34. The summed E-state index contributed by atoms with van der Waals surface area (Å²) < 4.78 is 66.3. The van der Waals surface area contributed by atoms with E-state index in [0.717, 1.165) is 26.9 Å². The molecule has 2 aromatic rings. The molecule has 0 saturated carbocycles. The van der Waals surface area contributed by atoms with E-state index in [4.69, 9.17) is 0 Å². The quantitative estimate of drug-likeness (QED) is 0.834. The molecular weight excluding hydrogens is 391 g/mol. The first-order chi connectivity index (χ1) is 13.2. The molecule has 0 aliphatic carbocycles. The van der Waals surface area contributed by atoms with Crippen molar-refractivity contribution >= 4 is 10.0 Å². The normalized spacial score (nSPS) is 16.6. The summed E-state index contributed by atoms with van der Waals surface area (Å²) in [4.78, 5) is 0.374. The monoisotopic (exact) mass is 410 g/mol. The largest absolute Gasteiger partial charge is 0.417 e. The van der Waals surface area contributed by atoms with Gasteiger partial charge in [-0.25, -0.2) is 8.42 Å². The van der Waals surface area contributed by atoms with E-state index in [1.807, 2.05) is 12.1 Å². The standard InChI is InChI=1S/C19H18F3N3O2S/c20-19(21,22)17-7-3-4-8-18(17)28(26,27)25-11-9-24(10-12-25)14-16-6-2-1-5-15(16)13-23/h1-8H,9-12,14H2/p+1. The van der Waals surface area contributed by atoms with Crippen molar-refractivity contribution in [3.63, 3.8) is 0 Å². The highest BCUT2D eigenvalue weighted by Crippen LogP contribution is 2.35. The Balaban J connectivity index is 1.74. The van der Waals surface area contributed by atoms with Crippen molar-refractivity contribution in [2.24, 2.45) is 0 Å². The summed E-state index contributed by atoms with van der Waals surface area (Å²) in [6.45, 7) is 1.72. The van der Waals surface area contributed by atoms with E-state index in [2.05, 4.69) is 6.07 Å². The lowest BCUT2D eigenvalue weighted by Crippen LogP contribution is -3.13. The number of piperazine rings is 1. The summed E-state index contributed by atoms with van der Waals surface area (Å²) >= 11 is 0. The number of nitrogens with one attached hydrogen (secondary N) is 1. The predicted molar refractivity (Wildman–Crippen MR) is 95.8 cm³/mol. The average Bonchev–Trinajstić information content (AvgIpc) is 2.68. The summed E-state index contributed by atoms with van der Waals surface area (Å²) in [7, 11) is -4.24. The van der Waals surface area contributed by atoms with Gasteiger partial charge in [0.1, 0.15) is 6.54 Å². The second-order valence-corrected chi connectivity index (χ2v) is 8.50. The molecule has 0 unspecified atom stereocenters. The second-order valence-electron chi connectivity index (χ2n) is 6.59. The van der Waals surface area contributed by atoms with Gasteiger partial charge in [0.2, 0.25) is 10.0 Å². The van der Waals surface area contributed by atoms with Gasteiger partial charge in [-0.15, -0.1) is 0 Å². The van der Waals surface area contributed by atoms with Crippen molar-refractivity contribution in [1.82, 2.24) is 4.31 Å². The molecule has 0 amide bonds. The molecule has 3 rings (SSSR count). The highest BCUT2D eigenvalue weighted by molar-refractivity contribution is 7.89. The van der Waals surface area contributed by atoms with Gasteiger partial charge in [-0.1, -0.05) is 30.3 Å². The minimum atomic E-state index is -4.74. The van der Waals surface area contributed by atoms with E-state index in [1.54, 1.807) is 12.1 Å². The van der Waals surface area contributed by atoms with Gasteiger partial charge in [-0.2, -0.15) is 22.7 Å². The molecular formula is C19H19F3N3O2S+. The molecule has 0 aromatic heterocycles.